The van der Waals surface area contributed by atoms with Gasteiger partial charge in [0.15, 0.2) is 0 Å². The molecule has 21 heavy (non-hydrogen) atoms. The molecule has 6 nitrogen and oxygen atoms in total. The van der Waals surface area contributed by atoms with E-state index in [1.54, 1.807) is 13.0 Å². The van der Waals surface area contributed by atoms with Crippen LogP contribution in [0.25, 0.3) is 0 Å². The van der Waals surface area contributed by atoms with E-state index < -0.39 is 10.0 Å². The van der Waals surface area contributed by atoms with Gasteiger partial charge < -0.3 is 11.1 Å². The Bertz CT molecular complexity index is 633. The largest absolute Gasteiger partial charge is 0.327 e. The Morgan fingerprint density at radius 1 is 1.33 bits per heavy atom. The van der Waals surface area contributed by atoms with Gasteiger partial charge in [0, 0.05) is 18.2 Å². The van der Waals surface area contributed by atoms with E-state index in [9.17, 15) is 13.2 Å². The van der Waals surface area contributed by atoms with Gasteiger partial charge in [-0.1, -0.05) is 26.8 Å². The Hall–Kier alpha value is -1.44. The van der Waals surface area contributed by atoms with Crippen LogP contribution in [0, 0.1) is 12.3 Å². The molecule has 7 heteroatoms. The molecule has 1 amide bonds. The van der Waals surface area contributed by atoms with Gasteiger partial charge in [-0.2, -0.15) is 0 Å². The minimum Gasteiger partial charge on any atom is -0.327 e. The van der Waals surface area contributed by atoms with Crippen LogP contribution in [-0.2, 0) is 14.8 Å². The van der Waals surface area contributed by atoms with E-state index >= 15 is 0 Å². The quantitative estimate of drug-likeness (QED) is 0.778. The van der Waals surface area contributed by atoms with E-state index in [4.69, 9.17) is 10.9 Å². The zero-order valence-electron chi connectivity index (χ0n) is 12.8. The minimum atomic E-state index is -3.80. The van der Waals surface area contributed by atoms with Crippen LogP contribution in [-0.4, -0.2) is 20.4 Å². The number of anilines is 1. The Morgan fingerprint density at radius 2 is 1.90 bits per heavy atom. The first-order valence-corrected chi connectivity index (χ1v) is 8.15. The van der Waals surface area contributed by atoms with E-state index in [1.807, 2.05) is 20.8 Å². The minimum absolute atomic E-state index is 0.0384. The first-order valence-electron chi connectivity index (χ1n) is 6.60. The lowest BCUT2D eigenvalue weighted by Crippen LogP contribution is -2.38. The average molecular weight is 313 g/mol. The molecule has 0 bridgehead atoms. The van der Waals surface area contributed by atoms with Crippen LogP contribution in [0.2, 0.25) is 0 Å². The summed E-state index contributed by atoms with van der Waals surface area (Å²) in [5.41, 5.74) is 6.95. The molecule has 118 valence electrons. The third-order valence-electron chi connectivity index (χ3n) is 3.33. The highest BCUT2D eigenvalue weighted by molar-refractivity contribution is 7.89. The molecule has 0 aliphatic rings. The van der Waals surface area contributed by atoms with Crippen molar-refractivity contribution < 1.29 is 13.2 Å². The number of amides is 1. The molecule has 0 aliphatic heterocycles. The fraction of sp³-hybridized carbons (Fsp3) is 0.500. The number of benzene rings is 1. The number of sulfonamides is 1. The van der Waals surface area contributed by atoms with Crippen molar-refractivity contribution in [3.05, 3.63) is 23.8 Å². The first-order chi connectivity index (χ1) is 9.41. The monoisotopic (exact) mass is 313 g/mol. The van der Waals surface area contributed by atoms with Gasteiger partial charge in [0.05, 0.1) is 4.90 Å². The van der Waals surface area contributed by atoms with Crippen molar-refractivity contribution in [2.24, 2.45) is 16.3 Å². The molecule has 0 saturated heterocycles. The first kappa shape index (κ1) is 17.6. The van der Waals surface area contributed by atoms with Crippen molar-refractivity contribution in [1.82, 2.24) is 0 Å². The fourth-order valence-electron chi connectivity index (χ4n) is 1.62. The van der Waals surface area contributed by atoms with Gasteiger partial charge in [-0.25, -0.2) is 13.6 Å². The lowest BCUT2D eigenvalue weighted by molar-refractivity contribution is -0.117. The topological polar surface area (TPSA) is 115 Å². The Kier molecular flexibility index (Phi) is 5.14. The molecule has 0 aliphatic carbocycles. The predicted octanol–water partition coefficient (Wildman–Crippen LogP) is 1.34. The van der Waals surface area contributed by atoms with E-state index in [0.717, 1.165) is 5.56 Å². The highest BCUT2D eigenvalue weighted by Crippen LogP contribution is 2.22. The smallest absolute Gasteiger partial charge is 0.238 e. The normalized spacial score (nSPS) is 13.8. The van der Waals surface area contributed by atoms with E-state index in [-0.39, 0.29) is 28.7 Å². The molecule has 1 rings (SSSR count). The summed E-state index contributed by atoms with van der Waals surface area (Å²) in [6.07, 6.45) is 0.155. The number of carbonyl (C=O) groups is 1. The van der Waals surface area contributed by atoms with Crippen LogP contribution in [0.15, 0.2) is 23.1 Å². The zero-order chi connectivity index (χ0) is 16.4. The third kappa shape index (κ3) is 5.11. The molecule has 5 N–H and O–H groups in total. The van der Waals surface area contributed by atoms with E-state index in [1.165, 1.54) is 12.1 Å². The summed E-state index contributed by atoms with van der Waals surface area (Å²) >= 11 is 0. The average Bonchev–Trinajstić information content (AvgIpc) is 2.29. The van der Waals surface area contributed by atoms with Crippen LogP contribution in [0.5, 0.6) is 0 Å². The summed E-state index contributed by atoms with van der Waals surface area (Å²) < 4.78 is 22.7. The van der Waals surface area contributed by atoms with Crippen molar-refractivity contribution in [2.45, 2.75) is 45.1 Å². The third-order valence-corrected chi connectivity index (χ3v) is 4.24. The predicted molar refractivity (Wildman–Crippen MR) is 83.2 cm³/mol. The molecular formula is C14H23N3O3S. The molecule has 0 radical (unpaired) electrons. The lowest BCUT2D eigenvalue weighted by Gasteiger charge is -2.26. The number of primary sulfonamides is 1. The molecule has 1 aromatic carbocycles. The second-order valence-corrected chi connectivity index (χ2v) is 7.81. The molecule has 1 atom stereocenters. The maximum absolute atomic E-state index is 12.0. The van der Waals surface area contributed by atoms with Crippen LogP contribution in [0.3, 0.4) is 0 Å². The number of carbonyl (C=O) groups excluding carboxylic acids is 1. The Labute approximate surface area is 126 Å². The summed E-state index contributed by atoms with van der Waals surface area (Å²) in [6, 6.07) is 4.06. The Balaban J connectivity index is 2.91. The highest BCUT2D eigenvalue weighted by Gasteiger charge is 2.23. The van der Waals surface area contributed by atoms with Crippen molar-refractivity contribution in [3.63, 3.8) is 0 Å². The van der Waals surface area contributed by atoms with Crippen LogP contribution in [0.1, 0.15) is 32.8 Å². The number of rotatable bonds is 4. The fourth-order valence-corrected chi connectivity index (χ4v) is 2.16. The SMILES string of the molecule is Cc1ccc(S(N)(=O)=O)cc1NC(=O)CC(N)C(C)(C)C. The van der Waals surface area contributed by atoms with Gasteiger partial charge in [0.1, 0.15) is 0 Å². The molecule has 0 saturated carbocycles. The Morgan fingerprint density at radius 3 is 2.38 bits per heavy atom. The summed E-state index contributed by atoms with van der Waals surface area (Å²) in [6.45, 7) is 7.64. The maximum Gasteiger partial charge on any atom is 0.238 e. The van der Waals surface area contributed by atoms with Crippen LogP contribution in [0.4, 0.5) is 5.69 Å². The van der Waals surface area contributed by atoms with Crippen molar-refractivity contribution in [3.8, 4) is 0 Å². The van der Waals surface area contributed by atoms with Crippen molar-refractivity contribution in [1.29, 1.82) is 0 Å². The van der Waals surface area contributed by atoms with Crippen LogP contribution < -0.4 is 16.2 Å². The van der Waals surface area contributed by atoms with Gasteiger partial charge in [-0.15, -0.1) is 0 Å². The summed E-state index contributed by atoms with van der Waals surface area (Å²) in [5.74, 6) is -0.257. The second-order valence-electron chi connectivity index (χ2n) is 6.25. The van der Waals surface area contributed by atoms with E-state index in [0.29, 0.717) is 5.69 Å². The van der Waals surface area contributed by atoms with Gasteiger partial charge in [0.25, 0.3) is 0 Å². The van der Waals surface area contributed by atoms with Gasteiger partial charge in [-0.3, -0.25) is 4.79 Å². The molecule has 0 fully saturated rings. The molecule has 0 heterocycles. The molecule has 0 spiro atoms. The summed E-state index contributed by atoms with van der Waals surface area (Å²) in [5, 5.41) is 7.77. The second kappa shape index (κ2) is 6.13. The van der Waals surface area contributed by atoms with Gasteiger partial charge in [-0.05, 0) is 30.0 Å². The summed E-state index contributed by atoms with van der Waals surface area (Å²) in [7, 11) is -3.80. The highest BCUT2D eigenvalue weighted by atomic mass is 32.2. The number of nitrogens with two attached hydrogens (primary N) is 2. The number of hydrogen-bond donors (Lipinski definition) is 3. The molecule has 0 aromatic heterocycles. The molecular weight excluding hydrogens is 290 g/mol. The van der Waals surface area contributed by atoms with Crippen LogP contribution >= 0.6 is 0 Å². The molecule has 1 unspecified atom stereocenters. The standard InChI is InChI=1S/C14H23N3O3S/c1-9-5-6-10(21(16,19)20)7-11(9)17-13(18)8-12(15)14(2,3)4/h5-7,12H,8,15H2,1-4H3,(H,17,18)(H2,16,19,20). The summed E-state index contributed by atoms with van der Waals surface area (Å²) in [4.78, 5) is 12.0. The lowest BCUT2D eigenvalue weighted by atomic mass is 9.85. The van der Waals surface area contributed by atoms with E-state index in [2.05, 4.69) is 5.32 Å². The number of hydrogen-bond acceptors (Lipinski definition) is 4. The maximum atomic E-state index is 12.0. The van der Waals surface area contributed by atoms with Crippen molar-refractivity contribution >= 4 is 21.6 Å². The van der Waals surface area contributed by atoms with Gasteiger partial charge >= 0.3 is 0 Å². The number of aryl methyl sites for hydroxylation is 1. The van der Waals surface area contributed by atoms with Gasteiger partial charge in [0.2, 0.25) is 15.9 Å². The molecule has 1 aromatic rings. The number of nitrogens with one attached hydrogen (secondary N) is 1. The van der Waals surface area contributed by atoms with Crippen molar-refractivity contribution in [2.75, 3.05) is 5.32 Å². The zero-order valence-corrected chi connectivity index (χ0v) is 13.6.